The summed E-state index contributed by atoms with van der Waals surface area (Å²) < 4.78 is 3.97. The molecule has 1 aromatic heterocycles. The molecule has 0 unspecified atom stereocenters. The van der Waals surface area contributed by atoms with Crippen LogP contribution >= 0.6 is 27.7 Å². The first-order valence-electron chi connectivity index (χ1n) is 9.91. The van der Waals surface area contributed by atoms with Crippen molar-refractivity contribution in [2.45, 2.75) is 6.92 Å². The van der Waals surface area contributed by atoms with Crippen LogP contribution < -0.4 is 10.9 Å². The second-order valence-corrected chi connectivity index (χ2v) is 9.21. The van der Waals surface area contributed by atoms with Gasteiger partial charge in [0.15, 0.2) is 0 Å². The van der Waals surface area contributed by atoms with Gasteiger partial charge in [0.1, 0.15) is 12.2 Å². The molecule has 10 heteroatoms. The van der Waals surface area contributed by atoms with Gasteiger partial charge in [0.05, 0.1) is 16.3 Å². The summed E-state index contributed by atoms with van der Waals surface area (Å²) in [5, 5.41) is 2.04. The quantitative estimate of drug-likeness (QED) is 0.508. The number of nitrogens with zero attached hydrogens (tertiary/aromatic N) is 3. The first-order chi connectivity index (χ1) is 15.8. The van der Waals surface area contributed by atoms with Crippen molar-refractivity contribution in [1.29, 1.82) is 0 Å². The SMILES string of the molecule is Cc1c(NC(=O)CN2C(=O)S/C(=C\c3ccc(Br)cc3)C2=O)c(=O)n(-c2ccccc2)n1C. The van der Waals surface area contributed by atoms with Crippen LogP contribution in [0.15, 0.2) is 68.8 Å². The Kier molecular flexibility index (Phi) is 6.39. The van der Waals surface area contributed by atoms with Crippen molar-refractivity contribution in [2.24, 2.45) is 7.05 Å². The molecule has 1 N–H and O–H groups in total. The maximum absolute atomic E-state index is 13.0. The van der Waals surface area contributed by atoms with E-state index in [9.17, 15) is 19.2 Å². The number of hydrogen-bond donors (Lipinski definition) is 1. The van der Waals surface area contributed by atoms with Gasteiger partial charge < -0.3 is 5.32 Å². The number of amides is 3. The third-order valence-corrected chi connectivity index (χ3v) is 6.60. The molecule has 0 spiro atoms. The second kappa shape index (κ2) is 9.24. The molecule has 33 heavy (non-hydrogen) atoms. The van der Waals surface area contributed by atoms with Gasteiger partial charge in [0.2, 0.25) is 5.91 Å². The minimum absolute atomic E-state index is 0.101. The maximum atomic E-state index is 13.0. The van der Waals surface area contributed by atoms with Crippen molar-refractivity contribution >= 4 is 56.5 Å². The van der Waals surface area contributed by atoms with E-state index in [0.29, 0.717) is 11.4 Å². The van der Waals surface area contributed by atoms with Gasteiger partial charge in [-0.3, -0.25) is 28.8 Å². The lowest BCUT2D eigenvalue weighted by Gasteiger charge is -2.11. The Labute approximate surface area is 202 Å². The Morgan fingerprint density at radius 2 is 1.73 bits per heavy atom. The van der Waals surface area contributed by atoms with E-state index in [2.05, 4.69) is 21.2 Å². The molecule has 1 aliphatic heterocycles. The molecule has 4 rings (SSSR count). The molecular weight excluding hydrogens is 508 g/mol. The number of para-hydroxylation sites is 1. The standard InChI is InChI=1S/C23H19BrN4O4S/c1-14-20(22(31)28(26(14)2)17-6-4-3-5-7-17)25-19(29)13-27-21(30)18(33-23(27)32)12-15-8-10-16(24)11-9-15/h3-12H,13H2,1-2H3,(H,25,29)/b18-12-. The van der Waals surface area contributed by atoms with E-state index in [4.69, 9.17) is 0 Å². The third kappa shape index (κ3) is 4.57. The van der Waals surface area contributed by atoms with E-state index in [-0.39, 0.29) is 10.6 Å². The van der Waals surface area contributed by atoms with Crippen LogP contribution in [0.4, 0.5) is 10.5 Å². The van der Waals surface area contributed by atoms with Crippen LogP contribution in [0, 0.1) is 6.92 Å². The molecule has 168 valence electrons. The molecular formula is C23H19BrN4O4S. The number of carbonyl (C=O) groups is 3. The number of halogens is 1. The molecule has 0 saturated carbocycles. The highest BCUT2D eigenvalue weighted by molar-refractivity contribution is 9.10. The smallest absolute Gasteiger partial charge is 0.295 e. The fraction of sp³-hybridized carbons (Fsp3) is 0.130. The van der Waals surface area contributed by atoms with Crippen molar-refractivity contribution in [3.63, 3.8) is 0 Å². The van der Waals surface area contributed by atoms with Crippen molar-refractivity contribution in [3.8, 4) is 5.69 Å². The number of carbonyl (C=O) groups excluding carboxylic acids is 3. The molecule has 1 saturated heterocycles. The summed E-state index contributed by atoms with van der Waals surface area (Å²) in [5.74, 6) is -1.18. The predicted octanol–water partition coefficient (Wildman–Crippen LogP) is 3.92. The summed E-state index contributed by atoms with van der Waals surface area (Å²) in [6.07, 6.45) is 1.61. The highest BCUT2D eigenvalue weighted by atomic mass is 79.9. The Balaban J connectivity index is 1.52. The number of hydrogen-bond acceptors (Lipinski definition) is 5. The van der Waals surface area contributed by atoms with E-state index in [1.807, 2.05) is 30.3 Å². The van der Waals surface area contributed by atoms with Gasteiger partial charge in [0.25, 0.3) is 16.7 Å². The molecule has 0 atom stereocenters. The van der Waals surface area contributed by atoms with Crippen molar-refractivity contribution in [2.75, 3.05) is 11.9 Å². The van der Waals surface area contributed by atoms with Crippen LogP contribution in [0.1, 0.15) is 11.3 Å². The molecule has 2 aromatic carbocycles. The number of nitrogens with one attached hydrogen (secondary N) is 1. The molecule has 1 aliphatic rings. The fourth-order valence-electron chi connectivity index (χ4n) is 3.38. The lowest BCUT2D eigenvalue weighted by Crippen LogP contribution is -2.37. The summed E-state index contributed by atoms with van der Waals surface area (Å²) in [6.45, 7) is 1.22. The van der Waals surface area contributed by atoms with E-state index in [1.54, 1.807) is 49.0 Å². The molecule has 3 amide bonds. The summed E-state index contributed by atoms with van der Waals surface area (Å²) >= 11 is 4.12. The van der Waals surface area contributed by atoms with Gasteiger partial charge in [-0.25, -0.2) is 4.68 Å². The predicted molar refractivity (Wildman–Crippen MR) is 131 cm³/mol. The summed E-state index contributed by atoms with van der Waals surface area (Å²) in [4.78, 5) is 51.8. The molecule has 2 heterocycles. The van der Waals surface area contributed by atoms with Crippen molar-refractivity contribution < 1.29 is 14.4 Å². The molecule has 1 fully saturated rings. The first-order valence-corrected chi connectivity index (χ1v) is 11.5. The van der Waals surface area contributed by atoms with Gasteiger partial charge in [-0.05, 0) is 54.6 Å². The number of thioether (sulfide) groups is 1. The van der Waals surface area contributed by atoms with Gasteiger partial charge in [-0.15, -0.1) is 0 Å². The zero-order chi connectivity index (χ0) is 23.7. The number of benzene rings is 2. The molecule has 0 aliphatic carbocycles. The van der Waals surface area contributed by atoms with Crippen LogP contribution in [-0.4, -0.2) is 37.9 Å². The largest absolute Gasteiger partial charge is 0.318 e. The summed E-state index contributed by atoms with van der Waals surface area (Å²) in [5.41, 5.74) is 1.65. The third-order valence-electron chi connectivity index (χ3n) is 5.16. The van der Waals surface area contributed by atoms with E-state index >= 15 is 0 Å². The zero-order valence-corrected chi connectivity index (χ0v) is 20.1. The second-order valence-electron chi connectivity index (χ2n) is 7.30. The van der Waals surface area contributed by atoms with E-state index in [0.717, 1.165) is 26.7 Å². The van der Waals surface area contributed by atoms with Crippen LogP contribution in [0.25, 0.3) is 11.8 Å². The maximum Gasteiger partial charge on any atom is 0.295 e. The van der Waals surface area contributed by atoms with Crippen LogP contribution in [0.5, 0.6) is 0 Å². The zero-order valence-electron chi connectivity index (χ0n) is 17.7. The Bertz CT molecular complexity index is 1340. The Hall–Kier alpha value is -3.37. The molecule has 3 aromatic rings. The molecule has 8 nitrogen and oxygen atoms in total. The molecule has 0 bridgehead atoms. The highest BCUT2D eigenvalue weighted by Gasteiger charge is 2.36. The van der Waals surface area contributed by atoms with Crippen LogP contribution in [-0.2, 0) is 16.6 Å². The summed E-state index contributed by atoms with van der Waals surface area (Å²) in [6, 6.07) is 16.3. The monoisotopic (exact) mass is 526 g/mol. The topological polar surface area (TPSA) is 93.4 Å². The van der Waals surface area contributed by atoms with Gasteiger partial charge >= 0.3 is 0 Å². The van der Waals surface area contributed by atoms with Gasteiger partial charge in [-0.2, -0.15) is 0 Å². The fourth-order valence-corrected chi connectivity index (χ4v) is 4.48. The van der Waals surface area contributed by atoms with Crippen LogP contribution in [0.3, 0.4) is 0 Å². The minimum atomic E-state index is -0.631. The number of rotatable bonds is 5. The number of aromatic nitrogens is 2. The Morgan fingerprint density at radius 1 is 1.06 bits per heavy atom. The van der Waals surface area contributed by atoms with E-state index < -0.39 is 29.2 Å². The first kappa shape index (κ1) is 22.8. The molecule has 0 radical (unpaired) electrons. The van der Waals surface area contributed by atoms with Gasteiger partial charge in [0, 0.05) is 11.5 Å². The van der Waals surface area contributed by atoms with Crippen LogP contribution in [0.2, 0.25) is 0 Å². The van der Waals surface area contributed by atoms with E-state index in [1.165, 1.54) is 4.68 Å². The van der Waals surface area contributed by atoms with Crippen molar-refractivity contribution in [1.82, 2.24) is 14.3 Å². The number of imide groups is 1. The van der Waals surface area contributed by atoms with Crippen molar-refractivity contribution in [3.05, 3.63) is 85.6 Å². The highest BCUT2D eigenvalue weighted by Crippen LogP contribution is 2.32. The average Bonchev–Trinajstić information content (AvgIpc) is 3.17. The Morgan fingerprint density at radius 3 is 2.39 bits per heavy atom. The average molecular weight is 527 g/mol. The lowest BCUT2D eigenvalue weighted by molar-refractivity contribution is -0.127. The number of anilines is 1. The summed E-state index contributed by atoms with van der Waals surface area (Å²) in [7, 11) is 1.71. The normalized spacial score (nSPS) is 14.9. The minimum Gasteiger partial charge on any atom is -0.318 e. The lowest BCUT2D eigenvalue weighted by atomic mass is 10.2. The van der Waals surface area contributed by atoms with Gasteiger partial charge in [-0.1, -0.05) is 46.3 Å².